The van der Waals surface area contributed by atoms with E-state index in [2.05, 4.69) is 213 Å². The topological polar surface area (TPSA) is 18.5 Å². The van der Waals surface area contributed by atoms with Crippen molar-refractivity contribution < 1.29 is 9.47 Å². The lowest BCUT2D eigenvalue weighted by Gasteiger charge is -2.48. The maximum Gasteiger partial charge on any atom is 0.143 e. The van der Waals surface area contributed by atoms with Gasteiger partial charge in [0.2, 0.25) is 0 Å². The number of hydrogen-bond acceptors (Lipinski definition) is 2. The van der Waals surface area contributed by atoms with Crippen LogP contribution in [-0.4, -0.2) is 19.4 Å². The predicted octanol–water partition coefficient (Wildman–Crippen LogP) is 12.4. The Hall–Kier alpha value is -5.11. The van der Waals surface area contributed by atoms with Gasteiger partial charge in [-0.1, -0.05) is 212 Å². The van der Waals surface area contributed by atoms with E-state index in [0.717, 1.165) is 54.5 Å². The van der Waals surface area contributed by atoms with E-state index in [4.69, 9.17) is 9.47 Å². The molecule has 0 radical (unpaired) electrons. The molecule has 0 aliphatic heterocycles. The van der Waals surface area contributed by atoms with Crippen LogP contribution < -0.4 is 0 Å². The lowest BCUT2D eigenvalue weighted by molar-refractivity contribution is -0.104. The van der Waals surface area contributed by atoms with Crippen molar-refractivity contribution in [2.24, 2.45) is 17.8 Å². The number of ether oxygens (including phenoxy) is 2. The van der Waals surface area contributed by atoms with E-state index in [1.165, 1.54) is 17.3 Å². The highest BCUT2D eigenvalue weighted by atomic mass is 31.1. The van der Waals surface area contributed by atoms with Gasteiger partial charge >= 0.3 is 0 Å². The summed E-state index contributed by atoms with van der Waals surface area (Å²) in [6.07, 6.45) is 3.43. The molecule has 0 bridgehead atoms. The molecule has 0 N–H and O–H groups in total. The first-order chi connectivity index (χ1) is 27.7. The maximum atomic E-state index is 7.57. The number of benzene rings is 7. The molecule has 1 aliphatic carbocycles. The van der Waals surface area contributed by atoms with E-state index in [9.17, 15) is 0 Å². The average Bonchev–Trinajstić information content (AvgIpc) is 3.26. The minimum absolute atomic E-state index is 0.329. The quantitative estimate of drug-likeness (QED) is 0.0723. The third-order valence-electron chi connectivity index (χ3n) is 11.7. The SMILES string of the molecule is Cc1cccc(CPCC2CC(COC(c3ccccc3)(c3ccccc3)c3ccccc3)C2COC(c2ccccc2)(c2ccccc2)c2ccccc2)c1. The maximum absolute atomic E-state index is 7.57. The minimum Gasteiger partial charge on any atom is -0.361 e. The van der Waals surface area contributed by atoms with Gasteiger partial charge < -0.3 is 9.47 Å². The van der Waals surface area contributed by atoms with Crippen molar-refractivity contribution in [3.8, 4) is 0 Å². The molecule has 0 saturated heterocycles. The first-order valence-corrected chi connectivity index (χ1v) is 21.5. The summed E-state index contributed by atoms with van der Waals surface area (Å²) in [6, 6.07) is 73.7. The Morgan fingerprint density at radius 2 is 0.821 bits per heavy atom. The molecule has 1 aliphatic rings. The van der Waals surface area contributed by atoms with Gasteiger partial charge in [0.25, 0.3) is 0 Å². The van der Waals surface area contributed by atoms with Gasteiger partial charge in [0.1, 0.15) is 11.2 Å². The van der Waals surface area contributed by atoms with Crippen LogP contribution in [0.25, 0.3) is 0 Å². The second-order valence-electron chi connectivity index (χ2n) is 15.2. The second kappa shape index (κ2) is 17.8. The molecule has 1 fully saturated rings. The van der Waals surface area contributed by atoms with E-state index in [-0.39, 0.29) is 0 Å². The van der Waals surface area contributed by atoms with Crippen molar-refractivity contribution in [2.45, 2.75) is 30.7 Å². The summed E-state index contributed by atoms with van der Waals surface area (Å²) in [5.74, 6) is 1.21. The van der Waals surface area contributed by atoms with Gasteiger partial charge in [-0.2, -0.15) is 0 Å². The first-order valence-electron chi connectivity index (χ1n) is 20.0. The van der Waals surface area contributed by atoms with Crippen LogP contribution in [0.3, 0.4) is 0 Å². The van der Waals surface area contributed by atoms with E-state index >= 15 is 0 Å². The summed E-state index contributed by atoms with van der Waals surface area (Å²) >= 11 is 0. The molecule has 1 saturated carbocycles. The van der Waals surface area contributed by atoms with E-state index in [1.807, 2.05) is 0 Å². The zero-order valence-corrected chi connectivity index (χ0v) is 33.2. The third kappa shape index (κ3) is 7.93. The summed E-state index contributed by atoms with van der Waals surface area (Å²) in [5.41, 5.74) is 8.07. The lowest BCUT2D eigenvalue weighted by atomic mass is 9.66. The second-order valence-corrected chi connectivity index (χ2v) is 16.5. The van der Waals surface area contributed by atoms with Gasteiger partial charge in [-0.05, 0) is 82.4 Å². The molecule has 7 aromatic carbocycles. The molecule has 0 amide bonds. The summed E-state index contributed by atoms with van der Waals surface area (Å²) < 4.78 is 15.1. The van der Waals surface area contributed by atoms with Gasteiger partial charge in [-0.15, -0.1) is 8.58 Å². The highest BCUT2D eigenvalue weighted by Crippen LogP contribution is 2.49. The smallest absolute Gasteiger partial charge is 0.143 e. The zero-order valence-electron chi connectivity index (χ0n) is 32.2. The Kier molecular flexibility index (Phi) is 12.0. The molecular weight excluding hydrogens is 700 g/mol. The van der Waals surface area contributed by atoms with E-state index < -0.39 is 11.2 Å². The van der Waals surface area contributed by atoms with Crippen LogP contribution in [0.5, 0.6) is 0 Å². The Bertz CT molecular complexity index is 2030. The van der Waals surface area contributed by atoms with Crippen LogP contribution in [0.2, 0.25) is 0 Å². The molecule has 7 aromatic rings. The van der Waals surface area contributed by atoms with Crippen molar-refractivity contribution >= 4 is 8.58 Å². The minimum atomic E-state index is -0.763. The molecule has 56 heavy (non-hydrogen) atoms. The number of hydrogen-bond donors (Lipinski definition) is 0. The fraction of sp³-hybridized carbons (Fsp3) is 0.208. The normalized spacial score (nSPS) is 17.1. The summed E-state index contributed by atoms with van der Waals surface area (Å²) in [6.45, 7) is 3.44. The van der Waals surface area contributed by atoms with E-state index in [0.29, 0.717) is 31.0 Å². The Morgan fingerprint density at radius 1 is 0.446 bits per heavy atom. The molecule has 0 heterocycles. The number of rotatable bonds is 16. The van der Waals surface area contributed by atoms with Gasteiger partial charge in [0.15, 0.2) is 0 Å². The highest BCUT2D eigenvalue weighted by molar-refractivity contribution is 7.37. The number of aryl methyl sites for hydroxylation is 1. The molecule has 8 rings (SSSR count). The van der Waals surface area contributed by atoms with Gasteiger partial charge in [-0.25, -0.2) is 0 Å². The van der Waals surface area contributed by atoms with Crippen molar-refractivity contribution in [2.75, 3.05) is 19.4 Å². The molecule has 4 unspecified atom stereocenters. The fourth-order valence-electron chi connectivity index (χ4n) is 8.84. The van der Waals surface area contributed by atoms with E-state index in [1.54, 1.807) is 0 Å². The monoisotopic (exact) mass is 750 g/mol. The third-order valence-corrected chi connectivity index (χ3v) is 13.2. The summed E-state index contributed by atoms with van der Waals surface area (Å²) in [4.78, 5) is 0. The van der Waals surface area contributed by atoms with Crippen molar-refractivity contribution in [3.05, 3.63) is 251 Å². The van der Waals surface area contributed by atoms with Crippen LogP contribution >= 0.6 is 8.58 Å². The average molecular weight is 751 g/mol. The Labute approximate surface area is 335 Å². The molecule has 4 atom stereocenters. The molecule has 0 spiro atoms. The van der Waals surface area contributed by atoms with Crippen LogP contribution in [0.1, 0.15) is 50.9 Å². The predicted molar refractivity (Wildman–Crippen MR) is 233 cm³/mol. The van der Waals surface area contributed by atoms with Gasteiger partial charge in [-0.3, -0.25) is 0 Å². The van der Waals surface area contributed by atoms with Crippen LogP contribution in [0.4, 0.5) is 0 Å². The molecule has 3 heteroatoms. The molecule has 280 valence electrons. The van der Waals surface area contributed by atoms with Crippen molar-refractivity contribution in [1.82, 2.24) is 0 Å². The first kappa shape index (κ1) is 37.8. The van der Waals surface area contributed by atoms with Crippen LogP contribution in [0, 0.1) is 24.7 Å². The van der Waals surface area contributed by atoms with Crippen LogP contribution in [0.15, 0.2) is 206 Å². The van der Waals surface area contributed by atoms with Gasteiger partial charge in [0.05, 0.1) is 13.2 Å². The lowest BCUT2D eigenvalue weighted by Crippen LogP contribution is -2.47. The molecule has 2 nitrogen and oxygen atoms in total. The summed E-state index contributed by atoms with van der Waals surface area (Å²) in [5, 5.41) is 0. The Balaban J connectivity index is 1.14. The zero-order chi connectivity index (χ0) is 38.0. The Morgan fingerprint density at radius 3 is 1.20 bits per heavy atom. The van der Waals surface area contributed by atoms with Gasteiger partial charge in [0, 0.05) is 0 Å². The highest BCUT2D eigenvalue weighted by Gasteiger charge is 2.46. The van der Waals surface area contributed by atoms with Crippen molar-refractivity contribution in [3.63, 3.8) is 0 Å². The standard InChI is InChI=1S/C53H51O2P/c1-41-21-20-22-42(35-41)39-56-40-44-36-43(37-54-52(45-23-8-2-9-24-45,46-25-10-3-11-26-46)47-27-12-4-13-28-47)51(44)38-55-53(48-29-14-5-15-30-48,49-31-16-6-17-32-49)50-33-18-7-19-34-50/h2-35,43-44,51,56H,36-40H2,1H3. The largest absolute Gasteiger partial charge is 0.361 e. The molecule has 0 aromatic heterocycles. The van der Waals surface area contributed by atoms with Crippen molar-refractivity contribution in [1.29, 1.82) is 0 Å². The fourth-order valence-corrected chi connectivity index (χ4v) is 10.3. The van der Waals surface area contributed by atoms with Crippen LogP contribution in [-0.2, 0) is 26.8 Å². The molecular formula is C53H51O2P. The summed E-state index contributed by atoms with van der Waals surface area (Å²) in [7, 11) is 0.857.